The SMILES string of the molecule is Cc1cnccc1CNc1ccc2c(=O)c3ccccc3ccc2n1. The van der Waals surface area contributed by atoms with Crippen molar-refractivity contribution in [2.75, 3.05) is 5.32 Å². The van der Waals surface area contributed by atoms with Crippen molar-refractivity contribution in [2.24, 2.45) is 0 Å². The van der Waals surface area contributed by atoms with E-state index in [1.807, 2.05) is 67.7 Å². The Morgan fingerprint density at radius 1 is 0.960 bits per heavy atom. The maximum absolute atomic E-state index is 12.8. The van der Waals surface area contributed by atoms with E-state index in [9.17, 15) is 4.79 Å². The molecule has 2 heterocycles. The Bertz CT molecular complexity index is 1140. The minimum absolute atomic E-state index is 0.0135. The Balaban J connectivity index is 1.74. The first-order chi connectivity index (χ1) is 12.2. The zero-order valence-electron chi connectivity index (χ0n) is 13.9. The second kappa shape index (κ2) is 6.32. The Morgan fingerprint density at radius 2 is 1.84 bits per heavy atom. The first-order valence-corrected chi connectivity index (χ1v) is 8.18. The van der Waals surface area contributed by atoms with Crippen LogP contribution in [-0.4, -0.2) is 9.97 Å². The molecular formula is C21H17N3O. The molecule has 122 valence electrons. The highest BCUT2D eigenvalue weighted by Crippen LogP contribution is 2.17. The van der Waals surface area contributed by atoms with Crippen molar-refractivity contribution in [3.63, 3.8) is 0 Å². The fraction of sp³-hybridized carbons (Fsp3) is 0.0952. The molecule has 0 aliphatic rings. The summed E-state index contributed by atoms with van der Waals surface area (Å²) in [6.45, 7) is 2.70. The number of aromatic nitrogens is 2. The molecule has 4 rings (SSSR count). The second-order valence-electron chi connectivity index (χ2n) is 6.03. The summed E-state index contributed by atoms with van der Waals surface area (Å²) in [4.78, 5) is 21.5. The van der Waals surface area contributed by atoms with Gasteiger partial charge in [0.05, 0.1) is 5.52 Å². The van der Waals surface area contributed by atoms with Crippen LogP contribution in [0.4, 0.5) is 5.82 Å². The van der Waals surface area contributed by atoms with Gasteiger partial charge in [-0.05, 0) is 47.7 Å². The van der Waals surface area contributed by atoms with Gasteiger partial charge in [-0.2, -0.15) is 0 Å². The van der Waals surface area contributed by atoms with Crippen LogP contribution in [0.3, 0.4) is 0 Å². The largest absolute Gasteiger partial charge is 0.366 e. The molecule has 0 radical (unpaired) electrons. The molecule has 4 heteroatoms. The summed E-state index contributed by atoms with van der Waals surface area (Å²) in [7, 11) is 0. The lowest BCUT2D eigenvalue weighted by Crippen LogP contribution is -2.04. The maximum Gasteiger partial charge on any atom is 0.195 e. The number of anilines is 1. The molecule has 0 amide bonds. The summed E-state index contributed by atoms with van der Waals surface area (Å²) in [5.41, 5.74) is 3.01. The minimum Gasteiger partial charge on any atom is -0.366 e. The zero-order chi connectivity index (χ0) is 17.2. The van der Waals surface area contributed by atoms with Gasteiger partial charge in [0.2, 0.25) is 0 Å². The van der Waals surface area contributed by atoms with Crippen molar-refractivity contribution in [2.45, 2.75) is 13.5 Å². The lowest BCUT2D eigenvalue weighted by atomic mass is 10.1. The van der Waals surface area contributed by atoms with Crippen molar-refractivity contribution >= 4 is 27.5 Å². The van der Waals surface area contributed by atoms with E-state index in [1.165, 1.54) is 5.56 Å². The summed E-state index contributed by atoms with van der Waals surface area (Å²) in [5, 5.41) is 5.59. The number of rotatable bonds is 3. The highest BCUT2D eigenvalue weighted by molar-refractivity contribution is 5.92. The number of aryl methyl sites for hydroxylation is 1. The molecule has 1 N–H and O–H groups in total. The van der Waals surface area contributed by atoms with E-state index in [2.05, 4.69) is 15.3 Å². The number of pyridine rings is 2. The summed E-state index contributed by atoms with van der Waals surface area (Å²) in [5.74, 6) is 0.748. The van der Waals surface area contributed by atoms with Crippen molar-refractivity contribution in [1.29, 1.82) is 0 Å². The summed E-state index contributed by atoms with van der Waals surface area (Å²) in [6, 6.07) is 17.2. The molecular weight excluding hydrogens is 310 g/mol. The molecule has 2 aromatic heterocycles. The van der Waals surface area contributed by atoms with Crippen LogP contribution in [0, 0.1) is 6.92 Å². The van der Waals surface area contributed by atoms with Crippen LogP contribution in [0.1, 0.15) is 11.1 Å². The van der Waals surface area contributed by atoms with Gasteiger partial charge in [0.1, 0.15) is 5.82 Å². The third kappa shape index (κ3) is 2.94. The summed E-state index contributed by atoms with van der Waals surface area (Å²) < 4.78 is 0. The van der Waals surface area contributed by atoms with Gasteiger partial charge in [-0.1, -0.05) is 30.3 Å². The Labute approximate surface area is 145 Å². The fourth-order valence-electron chi connectivity index (χ4n) is 2.94. The van der Waals surface area contributed by atoms with Gasteiger partial charge in [0, 0.05) is 29.7 Å². The average molecular weight is 327 g/mol. The standard InChI is InChI=1S/C21H17N3O/c1-14-12-22-11-10-16(14)13-23-20-9-7-18-19(24-20)8-6-15-4-2-3-5-17(15)21(18)25/h2-12H,13H2,1H3,(H,23,24). The first kappa shape index (κ1) is 15.3. The topological polar surface area (TPSA) is 54.9 Å². The van der Waals surface area contributed by atoms with Crippen molar-refractivity contribution in [1.82, 2.24) is 9.97 Å². The maximum atomic E-state index is 12.8. The lowest BCUT2D eigenvalue weighted by Gasteiger charge is -2.08. The van der Waals surface area contributed by atoms with Gasteiger partial charge >= 0.3 is 0 Å². The predicted octanol–water partition coefficient (Wildman–Crippen LogP) is 4.06. The van der Waals surface area contributed by atoms with Crippen LogP contribution in [0.5, 0.6) is 0 Å². The van der Waals surface area contributed by atoms with E-state index >= 15 is 0 Å². The zero-order valence-corrected chi connectivity index (χ0v) is 13.9. The van der Waals surface area contributed by atoms with Crippen LogP contribution in [0.2, 0.25) is 0 Å². The normalized spacial score (nSPS) is 10.9. The number of nitrogens with one attached hydrogen (secondary N) is 1. The van der Waals surface area contributed by atoms with E-state index in [0.29, 0.717) is 22.8 Å². The molecule has 0 fully saturated rings. The Kier molecular flexibility index (Phi) is 3.86. The number of nitrogens with zero attached hydrogens (tertiary/aromatic N) is 2. The second-order valence-corrected chi connectivity index (χ2v) is 6.03. The molecule has 0 spiro atoms. The van der Waals surface area contributed by atoms with Crippen LogP contribution in [-0.2, 0) is 6.54 Å². The number of benzene rings is 1. The van der Waals surface area contributed by atoms with Gasteiger partial charge in [-0.15, -0.1) is 0 Å². The van der Waals surface area contributed by atoms with Crippen LogP contribution in [0.25, 0.3) is 21.7 Å². The van der Waals surface area contributed by atoms with E-state index in [0.717, 1.165) is 16.8 Å². The number of hydrogen-bond donors (Lipinski definition) is 1. The van der Waals surface area contributed by atoms with Crippen molar-refractivity contribution in [3.8, 4) is 0 Å². The van der Waals surface area contributed by atoms with E-state index in [-0.39, 0.29) is 5.43 Å². The molecule has 4 aromatic rings. The smallest absolute Gasteiger partial charge is 0.195 e. The molecule has 25 heavy (non-hydrogen) atoms. The number of fused-ring (bicyclic) bond motifs is 2. The van der Waals surface area contributed by atoms with Crippen LogP contribution >= 0.6 is 0 Å². The molecule has 4 nitrogen and oxygen atoms in total. The van der Waals surface area contributed by atoms with E-state index in [1.54, 1.807) is 6.20 Å². The van der Waals surface area contributed by atoms with Gasteiger partial charge in [0.15, 0.2) is 5.43 Å². The summed E-state index contributed by atoms with van der Waals surface area (Å²) >= 11 is 0. The van der Waals surface area contributed by atoms with Gasteiger partial charge in [-0.3, -0.25) is 9.78 Å². The third-order valence-corrected chi connectivity index (χ3v) is 4.39. The molecule has 0 atom stereocenters. The lowest BCUT2D eigenvalue weighted by molar-refractivity contribution is 1.08. The van der Waals surface area contributed by atoms with Gasteiger partial charge in [0.25, 0.3) is 0 Å². The molecule has 0 saturated carbocycles. The van der Waals surface area contributed by atoms with E-state index in [4.69, 9.17) is 0 Å². The molecule has 0 aliphatic heterocycles. The highest BCUT2D eigenvalue weighted by atomic mass is 16.1. The quantitative estimate of drug-likeness (QED) is 0.616. The molecule has 2 aromatic carbocycles. The first-order valence-electron chi connectivity index (χ1n) is 8.18. The van der Waals surface area contributed by atoms with Gasteiger partial charge < -0.3 is 5.32 Å². The molecule has 0 saturated heterocycles. The average Bonchev–Trinajstić information content (AvgIpc) is 2.78. The van der Waals surface area contributed by atoms with E-state index < -0.39 is 0 Å². The predicted molar refractivity (Wildman–Crippen MR) is 102 cm³/mol. The van der Waals surface area contributed by atoms with Crippen molar-refractivity contribution in [3.05, 3.63) is 88.3 Å². The number of hydrogen-bond acceptors (Lipinski definition) is 4. The van der Waals surface area contributed by atoms with Crippen molar-refractivity contribution < 1.29 is 0 Å². The van der Waals surface area contributed by atoms with Gasteiger partial charge in [-0.25, -0.2) is 4.98 Å². The molecule has 0 bridgehead atoms. The van der Waals surface area contributed by atoms with Crippen LogP contribution in [0.15, 0.2) is 71.8 Å². The third-order valence-electron chi connectivity index (χ3n) is 4.39. The monoisotopic (exact) mass is 327 g/mol. The fourth-order valence-corrected chi connectivity index (χ4v) is 2.94. The Morgan fingerprint density at radius 3 is 2.72 bits per heavy atom. The highest BCUT2D eigenvalue weighted by Gasteiger charge is 2.05. The molecule has 0 unspecified atom stereocenters. The summed E-state index contributed by atoms with van der Waals surface area (Å²) in [6.07, 6.45) is 3.63. The molecule has 0 aliphatic carbocycles. The minimum atomic E-state index is 0.0135. The Hall–Kier alpha value is -3.27. The van der Waals surface area contributed by atoms with Crippen LogP contribution < -0.4 is 10.7 Å².